The maximum atomic E-state index is 12.8. The minimum atomic E-state index is -0.538. The molecule has 0 saturated carbocycles. The number of hydrogen-bond donors (Lipinski definition) is 2. The van der Waals surface area contributed by atoms with E-state index in [0.29, 0.717) is 11.1 Å². The second kappa shape index (κ2) is 5.89. The third-order valence-corrected chi connectivity index (χ3v) is 4.23. The van der Waals surface area contributed by atoms with E-state index >= 15 is 0 Å². The summed E-state index contributed by atoms with van der Waals surface area (Å²) in [6, 6.07) is 9.20. The topological polar surface area (TPSA) is 133 Å². The van der Waals surface area contributed by atoms with Crippen LogP contribution in [-0.2, 0) is 20.6 Å². The number of benzene rings is 1. The van der Waals surface area contributed by atoms with Crippen molar-refractivity contribution in [3.05, 3.63) is 56.2 Å². The smallest absolute Gasteiger partial charge is 0.332 e. The molecular formula is C17H16N6O2. The van der Waals surface area contributed by atoms with Crippen LogP contribution in [0.4, 0.5) is 5.82 Å². The van der Waals surface area contributed by atoms with E-state index in [1.165, 1.54) is 18.7 Å². The second-order valence-corrected chi connectivity index (χ2v) is 5.62. The molecule has 0 radical (unpaired) electrons. The third kappa shape index (κ3) is 2.29. The van der Waals surface area contributed by atoms with Crippen LogP contribution in [0, 0.1) is 11.3 Å². The van der Waals surface area contributed by atoms with Gasteiger partial charge in [-0.1, -0.05) is 24.3 Å². The van der Waals surface area contributed by atoms with Crippen LogP contribution in [0.5, 0.6) is 0 Å². The molecule has 0 atom stereocenters. The van der Waals surface area contributed by atoms with Gasteiger partial charge in [0.2, 0.25) is 0 Å². The van der Waals surface area contributed by atoms with Crippen LogP contribution in [0.2, 0.25) is 0 Å². The zero-order valence-corrected chi connectivity index (χ0v) is 13.8. The van der Waals surface area contributed by atoms with Crippen molar-refractivity contribution < 1.29 is 0 Å². The predicted octanol–water partition coefficient (Wildman–Crippen LogP) is 0.212. The van der Waals surface area contributed by atoms with Crippen LogP contribution >= 0.6 is 0 Å². The Bertz CT molecular complexity index is 1170. The molecule has 8 heteroatoms. The summed E-state index contributed by atoms with van der Waals surface area (Å²) in [5.74, 6) is -0.0416. The van der Waals surface area contributed by atoms with Gasteiger partial charge in [0.15, 0.2) is 5.65 Å². The van der Waals surface area contributed by atoms with Crippen molar-refractivity contribution in [2.45, 2.75) is 6.54 Å². The number of nitrogen functional groups attached to an aromatic ring is 1. The van der Waals surface area contributed by atoms with Gasteiger partial charge < -0.3 is 11.5 Å². The molecule has 0 saturated heterocycles. The number of rotatable bonds is 2. The summed E-state index contributed by atoms with van der Waals surface area (Å²) in [6.07, 6.45) is 0. The van der Waals surface area contributed by atoms with E-state index < -0.39 is 11.2 Å². The lowest BCUT2D eigenvalue weighted by molar-refractivity contribution is 0.708. The number of hydrogen-bond acceptors (Lipinski definition) is 6. The van der Waals surface area contributed by atoms with Crippen LogP contribution in [0.1, 0.15) is 11.1 Å². The Hall–Kier alpha value is -3.44. The van der Waals surface area contributed by atoms with Crippen LogP contribution in [-0.4, -0.2) is 14.1 Å². The largest absolute Gasteiger partial charge is 0.383 e. The zero-order chi connectivity index (χ0) is 18.3. The van der Waals surface area contributed by atoms with Crippen LogP contribution in [0.3, 0.4) is 0 Å². The molecule has 0 bridgehead atoms. The highest BCUT2D eigenvalue weighted by molar-refractivity contribution is 5.98. The minimum Gasteiger partial charge on any atom is -0.383 e. The molecular weight excluding hydrogens is 320 g/mol. The van der Waals surface area contributed by atoms with Gasteiger partial charge in [-0.2, -0.15) is 5.26 Å². The lowest BCUT2D eigenvalue weighted by atomic mass is 9.94. The molecule has 126 valence electrons. The first kappa shape index (κ1) is 16.4. The number of aryl methyl sites for hydroxylation is 1. The monoisotopic (exact) mass is 336 g/mol. The standard InChI is InChI=1S/C17H16N6O2/c1-22-15-13(16(24)23(2)17(22)25)12(11(8-19)14(20)21-15)10-6-4-3-5-9(10)7-18/h3-6H,7,18H2,1-2H3,(H2,20,21). The molecule has 0 amide bonds. The highest BCUT2D eigenvalue weighted by Crippen LogP contribution is 2.33. The molecule has 0 spiro atoms. The summed E-state index contributed by atoms with van der Waals surface area (Å²) in [6.45, 7) is 0.219. The summed E-state index contributed by atoms with van der Waals surface area (Å²) in [5.41, 5.74) is 12.6. The number of aromatic nitrogens is 3. The molecule has 0 aliphatic carbocycles. The molecule has 4 N–H and O–H groups in total. The first-order valence-corrected chi connectivity index (χ1v) is 7.50. The highest BCUT2D eigenvalue weighted by atomic mass is 16.2. The SMILES string of the molecule is Cn1c(=O)c2c(-c3ccccc3CN)c(C#N)c(N)nc2n(C)c1=O. The summed E-state index contributed by atoms with van der Waals surface area (Å²) in [7, 11) is 2.88. The van der Waals surface area contributed by atoms with E-state index in [2.05, 4.69) is 4.98 Å². The predicted molar refractivity (Wildman–Crippen MR) is 94.7 cm³/mol. The Labute approximate surface area is 142 Å². The first-order valence-electron chi connectivity index (χ1n) is 7.50. The number of fused-ring (bicyclic) bond motifs is 1. The highest BCUT2D eigenvalue weighted by Gasteiger charge is 2.22. The average molecular weight is 336 g/mol. The average Bonchev–Trinajstić information content (AvgIpc) is 2.63. The third-order valence-electron chi connectivity index (χ3n) is 4.23. The van der Waals surface area contributed by atoms with Crippen LogP contribution in [0.15, 0.2) is 33.9 Å². The lowest BCUT2D eigenvalue weighted by Gasteiger charge is -2.15. The summed E-state index contributed by atoms with van der Waals surface area (Å²) < 4.78 is 2.22. The molecule has 2 aromatic heterocycles. The van der Waals surface area contributed by atoms with Crippen LogP contribution < -0.4 is 22.7 Å². The second-order valence-electron chi connectivity index (χ2n) is 5.62. The van der Waals surface area contributed by atoms with Crippen molar-refractivity contribution in [3.8, 4) is 17.2 Å². The molecule has 3 rings (SSSR count). The van der Waals surface area contributed by atoms with Crippen molar-refractivity contribution in [3.63, 3.8) is 0 Å². The first-order chi connectivity index (χ1) is 11.9. The van der Waals surface area contributed by atoms with Crippen molar-refractivity contribution in [1.29, 1.82) is 5.26 Å². The number of nitrogens with two attached hydrogens (primary N) is 2. The molecule has 0 unspecified atom stereocenters. The zero-order valence-electron chi connectivity index (χ0n) is 13.8. The fourth-order valence-electron chi connectivity index (χ4n) is 2.93. The summed E-state index contributed by atoms with van der Waals surface area (Å²) in [4.78, 5) is 29.1. The summed E-state index contributed by atoms with van der Waals surface area (Å²) in [5, 5.41) is 9.75. The van der Waals surface area contributed by atoms with Crippen molar-refractivity contribution in [2.75, 3.05) is 5.73 Å². The fourth-order valence-corrected chi connectivity index (χ4v) is 2.93. The van der Waals surface area contributed by atoms with Gasteiger partial charge in [0.25, 0.3) is 5.56 Å². The van der Waals surface area contributed by atoms with Crippen LogP contribution in [0.25, 0.3) is 22.2 Å². The minimum absolute atomic E-state index is 0.0416. The van der Waals surface area contributed by atoms with Crippen molar-refractivity contribution in [1.82, 2.24) is 14.1 Å². The maximum absolute atomic E-state index is 12.8. The Kier molecular flexibility index (Phi) is 3.87. The van der Waals surface area contributed by atoms with Gasteiger partial charge in [0.05, 0.1) is 5.39 Å². The quantitative estimate of drug-likeness (QED) is 0.687. The van der Waals surface area contributed by atoms with E-state index in [9.17, 15) is 14.9 Å². The van der Waals surface area contributed by atoms with E-state index in [-0.39, 0.29) is 29.0 Å². The van der Waals surface area contributed by atoms with E-state index in [1.54, 1.807) is 12.1 Å². The van der Waals surface area contributed by atoms with E-state index in [0.717, 1.165) is 10.1 Å². The molecule has 1 aromatic carbocycles. The van der Waals surface area contributed by atoms with Crippen molar-refractivity contribution >= 4 is 16.9 Å². The normalized spacial score (nSPS) is 10.8. The number of nitrogens with zero attached hydrogens (tertiary/aromatic N) is 4. The lowest BCUT2D eigenvalue weighted by Crippen LogP contribution is -2.37. The van der Waals surface area contributed by atoms with E-state index in [1.807, 2.05) is 18.2 Å². The van der Waals surface area contributed by atoms with Gasteiger partial charge in [-0.3, -0.25) is 13.9 Å². The number of anilines is 1. The fraction of sp³-hybridized carbons (Fsp3) is 0.176. The molecule has 8 nitrogen and oxygen atoms in total. The van der Waals surface area contributed by atoms with Gasteiger partial charge in [0, 0.05) is 26.2 Å². The van der Waals surface area contributed by atoms with E-state index in [4.69, 9.17) is 11.5 Å². The number of pyridine rings is 1. The number of nitriles is 1. The Morgan fingerprint density at radius 2 is 1.88 bits per heavy atom. The molecule has 25 heavy (non-hydrogen) atoms. The van der Waals surface area contributed by atoms with Gasteiger partial charge in [-0.15, -0.1) is 0 Å². The molecule has 3 aromatic rings. The molecule has 0 fully saturated rings. The van der Waals surface area contributed by atoms with Gasteiger partial charge >= 0.3 is 5.69 Å². The van der Waals surface area contributed by atoms with Crippen molar-refractivity contribution in [2.24, 2.45) is 19.8 Å². The van der Waals surface area contributed by atoms with Gasteiger partial charge in [-0.25, -0.2) is 9.78 Å². The molecule has 0 aliphatic heterocycles. The Morgan fingerprint density at radius 3 is 2.52 bits per heavy atom. The Balaban J connectivity index is 2.69. The summed E-state index contributed by atoms with van der Waals surface area (Å²) >= 11 is 0. The molecule has 2 heterocycles. The van der Waals surface area contributed by atoms with Gasteiger partial charge in [0.1, 0.15) is 17.5 Å². The maximum Gasteiger partial charge on any atom is 0.332 e. The molecule has 0 aliphatic rings. The van der Waals surface area contributed by atoms with Gasteiger partial charge in [-0.05, 0) is 11.1 Å². The Morgan fingerprint density at radius 1 is 1.20 bits per heavy atom.